The Morgan fingerprint density at radius 2 is 2.40 bits per heavy atom. The maximum atomic E-state index is 11.7. The highest BCUT2D eigenvalue weighted by molar-refractivity contribution is 14.1. The van der Waals surface area contributed by atoms with Crippen LogP contribution in [-0.4, -0.2) is 14.9 Å². The Bertz CT molecular complexity index is 367. The zero-order valence-electron chi connectivity index (χ0n) is 8.62. The lowest BCUT2D eigenvalue weighted by Gasteiger charge is -2.14. The van der Waals surface area contributed by atoms with Gasteiger partial charge in [-0.25, -0.2) is 4.98 Å². The van der Waals surface area contributed by atoms with E-state index in [1.165, 1.54) is 0 Å². The van der Waals surface area contributed by atoms with Crippen molar-refractivity contribution in [2.45, 2.75) is 26.3 Å². The predicted molar refractivity (Wildman–Crippen MR) is 73.4 cm³/mol. The molecule has 0 aliphatic carbocycles. The van der Waals surface area contributed by atoms with Crippen LogP contribution in [0.5, 0.6) is 0 Å². The molecule has 0 N–H and O–H groups in total. The largest absolute Gasteiger partial charge is 0.298 e. The molecule has 1 unspecified atom stereocenters. The smallest absolute Gasteiger partial charge is 0.266 e. The number of hydrogen-bond donors (Lipinski definition) is 0. The van der Waals surface area contributed by atoms with E-state index in [1.54, 1.807) is 17.1 Å². The summed E-state index contributed by atoms with van der Waals surface area (Å²) in [6, 6.07) is 0. The lowest BCUT2D eigenvalue weighted by molar-refractivity contribution is 0.443. The molecule has 1 aromatic rings. The van der Waals surface area contributed by atoms with Crippen molar-refractivity contribution >= 4 is 38.5 Å². The van der Waals surface area contributed by atoms with Crippen molar-refractivity contribution in [1.82, 2.24) is 9.55 Å². The Kier molecular flexibility index (Phi) is 5.81. The van der Waals surface area contributed by atoms with Gasteiger partial charge < -0.3 is 0 Å². The van der Waals surface area contributed by atoms with Crippen LogP contribution in [0.15, 0.2) is 17.3 Å². The summed E-state index contributed by atoms with van der Waals surface area (Å²) in [5, 5.41) is 0.929. The fraction of sp³-hybridized carbons (Fsp3) is 0.600. The summed E-state index contributed by atoms with van der Waals surface area (Å²) in [7, 11) is 0. The van der Waals surface area contributed by atoms with Crippen molar-refractivity contribution in [3.8, 4) is 0 Å². The van der Waals surface area contributed by atoms with Gasteiger partial charge in [-0.15, -0.1) is 0 Å². The van der Waals surface area contributed by atoms with Crippen LogP contribution in [-0.2, 0) is 6.54 Å². The van der Waals surface area contributed by atoms with Gasteiger partial charge in [0.25, 0.3) is 5.56 Å². The van der Waals surface area contributed by atoms with E-state index in [9.17, 15) is 4.79 Å². The average molecular weight is 385 g/mol. The van der Waals surface area contributed by atoms with Crippen LogP contribution in [0, 0.1) is 9.49 Å². The number of hydrogen-bond acceptors (Lipinski definition) is 2. The quantitative estimate of drug-likeness (QED) is 0.577. The molecule has 0 fully saturated rings. The third-order valence-electron chi connectivity index (χ3n) is 2.23. The Labute approximate surface area is 112 Å². The first-order valence-corrected chi connectivity index (χ1v) is 7.15. The average Bonchev–Trinajstić information content (AvgIpc) is 2.24. The third kappa shape index (κ3) is 3.86. The van der Waals surface area contributed by atoms with Gasteiger partial charge in [-0.3, -0.25) is 9.36 Å². The van der Waals surface area contributed by atoms with Gasteiger partial charge in [-0.05, 0) is 34.9 Å². The van der Waals surface area contributed by atoms with Gasteiger partial charge in [0.2, 0.25) is 0 Å². The van der Waals surface area contributed by atoms with Crippen LogP contribution in [0.25, 0.3) is 0 Å². The van der Waals surface area contributed by atoms with E-state index < -0.39 is 0 Å². The minimum absolute atomic E-state index is 0.0626. The summed E-state index contributed by atoms with van der Waals surface area (Å²) in [6.07, 6.45) is 5.49. The first-order chi connectivity index (χ1) is 7.19. The highest BCUT2D eigenvalue weighted by Crippen LogP contribution is 2.11. The molecule has 0 spiro atoms. The van der Waals surface area contributed by atoms with Gasteiger partial charge in [-0.2, -0.15) is 0 Å². The molecule has 1 atom stereocenters. The normalized spacial score (nSPS) is 12.7. The molecule has 1 aromatic heterocycles. The molecule has 0 aromatic carbocycles. The number of halogens is 2. The van der Waals surface area contributed by atoms with Crippen LogP contribution in [0.2, 0.25) is 0 Å². The number of alkyl halides is 1. The molecule has 0 aliphatic heterocycles. The Balaban J connectivity index is 2.79. The van der Waals surface area contributed by atoms with Crippen LogP contribution in [0.1, 0.15) is 19.8 Å². The number of nitrogens with zero attached hydrogens (tertiary/aromatic N) is 2. The zero-order chi connectivity index (χ0) is 11.3. The molecule has 0 radical (unpaired) electrons. The highest BCUT2D eigenvalue weighted by Gasteiger charge is 2.09. The van der Waals surface area contributed by atoms with Crippen LogP contribution in [0.4, 0.5) is 0 Å². The molecule has 0 saturated heterocycles. The summed E-state index contributed by atoms with van der Waals surface area (Å²) >= 11 is 5.50. The summed E-state index contributed by atoms with van der Waals surface area (Å²) in [5.74, 6) is 0.507. The summed E-state index contributed by atoms with van der Waals surface area (Å²) in [6.45, 7) is 2.91. The van der Waals surface area contributed by atoms with Crippen molar-refractivity contribution in [3.63, 3.8) is 0 Å². The molecule has 0 bridgehead atoms. The third-order valence-corrected chi connectivity index (χ3v) is 3.88. The van der Waals surface area contributed by atoms with Gasteiger partial charge in [0.05, 0.1) is 9.90 Å². The summed E-state index contributed by atoms with van der Waals surface area (Å²) in [4.78, 5) is 15.8. The monoisotopic (exact) mass is 384 g/mol. The van der Waals surface area contributed by atoms with E-state index >= 15 is 0 Å². The SMILES string of the molecule is CCCC(CBr)Cn1cncc(I)c1=O. The van der Waals surface area contributed by atoms with Crippen molar-refractivity contribution < 1.29 is 0 Å². The predicted octanol–water partition coefficient (Wildman–Crippen LogP) is 2.66. The van der Waals surface area contributed by atoms with E-state index in [1.807, 2.05) is 22.6 Å². The molecule has 1 heterocycles. The maximum absolute atomic E-state index is 11.7. The van der Waals surface area contributed by atoms with Crippen LogP contribution in [0.3, 0.4) is 0 Å². The second-order valence-corrected chi connectivity index (χ2v) is 5.32. The minimum Gasteiger partial charge on any atom is -0.298 e. The van der Waals surface area contributed by atoms with E-state index in [-0.39, 0.29) is 5.56 Å². The van der Waals surface area contributed by atoms with Crippen molar-refractivity contribution in [2.24, 2.45) is 5.92 Å². The van der Waals surface area contributed by atoms with Crippen molar-refractivity contribution in [1.29, 1.82) is 0 Å². The fourth-order valence-electron chi connectivity index (χ4n) is 1.46. The van der Waals surface area contributed by atoms with Gasteiger partial charge in [0.15, 0.2) is 0 Å². The van der Waals surface area contributed by atoms with Crippen LogP contribution >= 0.6 is 38.5 Å². The maximum Gasteiger partial charge on any atom is 0.266 e. The number of aromatic nitrogens is 2. The topological polar surface area (TPSA) is 34.9 Å². The Hall–Kier alpha value is 0.0900. The fourth-order valence-corrected chi connectivity index (χ4v) is 2.46. The Morgan fingerprint density at radius 1 is 1.67 bits per heavy atom. The standard InChI is InChI=1S/C10H14BrIN2O/c1-2-3-8(4-11)6-14-7-13-5-9(12)10(14)15/h5,7-8H,2-4,6H2,1H3. The second-order valence-electron chi connectivity index (χ2n) is 3.51. The molecule has 0 aliphatic rings. The molecule has 0 amide bonds. The van der Waals surface area contributed by atoms with E-state index in [0.717, 1.165) is 24.7 Å². The second kappa shape index (κ2) is 6.62. The molecule has 84 valence electrons. The summed E-state index contributed by atoms with van der Waals surface area (Å²) in [5.41, 5.74) is 0.0626. The van der Waals surface area contributed by atoms with Gasteiger partial charge in [-0.1, -0.05) is 29.3 Å². The van der Waals surface area contributed by atoms with Crippen molar-refractivity contribution in [2.75, 3.05) is 5.33 Å². The highest BCUT2D eigenvalue weighted by atomic mass is 127. The van der Waals surface area contributed by atoms with Gasteiger partial charge in [0.1, 0.15) is 0 Å². The van der Waals surface area contributed by atoms with E-state index in [2.05, 4.69) is 27.8 Å². The molecule has 5 heteroatoms. The van der Waals surface area contributed by atoms with Crippen molar-refractivity contribution in [3.05, 3.63) is 26.4 Å². The molecule has 0 saturated carbocycles. The first kappa shape index (κ1) is 13.2. The zero-order valence-corrected chi connectivity index (χ0v) is 12.4. The number of rotatable bonds is 5. The molecular formula is C10H14BrIN2O. The molecule has 15 heavy (non-hydrogen) atoms. The Morgan fingerprint density at radius 3 is 3.00 bits per heavy atom. The summed E-state index contributed by atoms with van der Waals surface area (Å²) < 4.78 is 2.38. The van der Waals surface area contributed by atoms with E-state index in [0.29, 0.717) is 9.49 Å². The van der Waals surface area contributed by atoms with Gasteiger partial charge >= 0.3 is 0 Å². The molecule has 1 rings (SSSR count). The molecular weight excluding hydrogens is 371 g/mol. The lowest BCUT2D eigenvalue weighted by atomic mass is 10.1. The van der Waals surface area contributed by atoms with E-state index in [4.69, 9.17) is 0 Å². The van der Waals surface area contributed by atoms with Gasteiger partial charge in [0, 0.05) is 18.1 Å². The van der Waals surface area contributed by atoms with Crippen LogP contribution < -0.4 is 5.56 Å². The lowest BCUT2D eigenvalue weighted by Crippen LogP contribution is -2.26. The minimum atomic E-state index is 0.0626. The first-order valence-electron chi connectivity index (χ1n) is 4.95. The molecule has 3 nitrogen and oxygen atoms in total.